The number of rotatable bonds is 3. The van der Waals surface area contributed by atoms with Crippen molar-refractivity contribution in [2.45, 2.75) is 31.8 Å². The first-order valence-electron chi connectivity index (χ1n) is 5.32. The summed E-state index contributed by atoms with van der Waals surface area (Å²) < 4.78 is 5.63. The highest BCUT2D eigenvalue weighted by atomic mass is 16.5. The maximum Gasteiger partial charge on any atom is 0.0978 e. The molecule has 0 spiro atoms. The summed E-state index contributed by atoms with van der Waals surface area (Å²) in [5.74, 6) is 0. The first kappa shape index (κ1) is 9.32. The minimum Gasteiger partial charge on any atom is -0.498 e. The molecule has 1 nitrogen and oxygen atoms in total. The molecule has 0 heterocycles. The molecular formula is C13H16O. The Morgan fingerprint density at radius 2 is 1.79 bits per heavy atom. The van der Waals surface area contributed by atoms with Crippen LogP contribution in [-0.2, 0) is 4.74 Å². The van der Waals surface area contributed by atoms with Gasteiger partial charge in [0.2, 0.25) is 0 Å². The predicted molar refractivity (Wildman–Crippen MR) is 58.8 cm³/mol. The number of ether oxygens (including phenoxy) is 1. The summed E-state index contributed by atoms with van der Waals surface area (Å²) in [4.78, 5) is 0. The lowest BCUT2D eigenvalue weighted by Gasteiger charge is -2.07. The van der Waals surface area contributed by atoms with E-state index < -0.39 is 0 Å². The molecule has 0 saturated heterocycles. The summed E-state index contributed by atoms with van der Waals surface area (Å²) >= 11 is 0. The Kier molecular flexibility index (Phi) is 3.23. The van der Waals surface area contributed by atoms with Gasteiger partial charge in [0.05, 0.1) is 12.4 Å². The topological polar surface area (TPSA) is 9.23 Å². The van der Waals surface area contributed by atoms with E-state index in [2.05, 4.69) is 12.1 Å². The van der Waals surface area contributed by atoms with E-state index in [1.54, 1.807) is 0 Å². The Balaban J connectivity index is 1.82. The van der Waals surface area contributed by atoms with E-state index >= 15 is 0 Å². The van der Waals surface area contributed by atoms with Crippen LogP contribution < -0.4 is 0 Å². The zero-order valence-electron chi connectivity index (χ0n) is 8.36. The van der Waals surface area contributed by atoms with E-state index in [1.807, 2.05) is 30.5 Å². The molecule has 0 unspecified atom stereocenters. The summed E-state index contributed by atoms with van der Waals surface area (Å²) in [6.45, 7) is 0. The van der Waals surface area contributed by atoms with Crippen LogP contribution in [0.2, 0.25) is 0 Å². The molecule has 0 amide bonds. The van der Waals surface area contributed by atoms with Gasteiger partial charge in [-0.25, -0.2) is 0 Å². The van der Waals surface area contributed by atoms with Gasteiger partial charge >= 0.3 is 0 Å². The van der Waals surface area contributed by atoms with Crippen molar-refractivity contribution in [1.82, 2.24) is 0 Å². The lowest BCUT2D eigenvalue weighted by Crippen LogP contribution is -2.01. The molecular weight excluding hydrogens is 172 g/mol. The minimum absolute atomic E-state index is 0.468. The summed E-state index contributed by atoms with van der Waals surface area (Å²) in [6, 6.07) is 10.3. The molecule has 0 bridgehead atoms. The molecule has 1 fully saturated rings. The van der Waals surface area contributed by atoms with E-state index in [1.165, 1.54) is 31.2 Å². The summed E-state index contributed by atoms with van der Waals surface area (Å²) in [6.07, 6.45) is 9.42. The van der Waals surface area contributed by atoms with Gasteiger partial charge in [0.25, 0.3) is 0 Å². The third kappa shape index (κ3) is 2.63. The van der Waals surface area contributed by atoms with Crippen molar-refractivity contribution >= 4 is 6.08 Å². The molecule has 0 aliphatic heterocycles. The third-order valence-corrected chi connectivity index (χ3v) is 2.63. The van der Waals surface area contributed by atoms with Crippen molar-refractivity contribution < 1.29 is 4.74 Å². The Morgan fingerprint density at radius 3 is 2.50 bits per heavy atom. The maximum absolute atomic E-state index is 5.63. The average Bonchev–Trinajstić information content (AvgIpc) is 2.72. The summed E-state index contributed by atoms with van der Waals surface area (Å²) in [5.41, 5.74) is 1.20. The van der Waals surface area contributed by atoms with Crippen LogP contribution in [0.15, 0.2) is 36.6 Å². The van der Waals surface area contributed by atoms with Gasteiger partial charge in [0.15, 0.2) is 0 Å². The van der Waals surface area contributed by atoms with Crippen LogP contribution >= 0.6 is 0 Å². The van der Waals surface area contributed by atoms with E-state index in [-0.39, 0.29) is 0 Å². The Hall–Kier alpha value is -1.24. The number of hydrogen-bond donors (Lipinski definition) is 0. The lowest BCUT2D eigenvalue weighted by molar-refractivity contribution is 0.153. The Bertz CT molecular complexity index is 283. The lowest BCUT2D eigenvalue weighted by atomic mass is 10.2. The van der Waals surface area contributed by atoms with Crippen molar-refractivity contribution in [3.63, 3.8) is 0 Å². The van der Waals surface area contributed by atoms with Crippen molar-refractivity contribution in [2.75, 3.05) is 0 Å². The molecule has 2 rings (SSSR count). The van der Waals surface area contributed by atoms with Gasteiger partial charge in [-0.05, 0) is 37.3 Å². The minimum atomic E-state index is 0.468. The SMILES string of the molecule is C(=Cc1ccccc1)OC1CCCC1. The Labute approximate surface area is 85.4 Å². The van der Waals surface area contributed by atoms with E-state index in [9.17, 15) is 0 Å². The first-order valence-corrected chi connectivity index (χ1v) is 5.32. The zero-order valence-corrected chi connectivity index (χ0v) is 8.36. The smallest absolute Gasteiger partial charge is 0.0978 e. The fraction of sp³-hybridized carbons (Fsp3) is 0.385. The van der Waals surface area contributed by atoms with Crippen molar-refractivity contribution in [1.29, 1.82) is 0 Å². The number of hydrogen-bond acceptors (Lipinski definition) is 1. The summed E-state index contributed by atoms with van der Waals surface area (Å²) in [7, 11) is 0. The largest absolute Gasteiger partial charge is 0.498 e. The molecule has 1 heteroatoms. The van der Waals surface area contributed by atoms with Crippen molar-refractivity contribution in [2.24, 2.45) is 0 Å². The van der Waals surface area contributed by atoms with Gasteiger partial charge < -0.3 is 4.74 Å². The standard InChI is InChI=1S/C13H16O/c1-2-6-12(7-3-1)10-11-14-13-8-4-5-9-13/h1-3,6-7,10-11,13H,4-5,8-9H2. The van der Waals surface area contributed by atoms with Crippen LogP contribution in [0.4, 0.5) is 0 Å². The van der Waals surface area contributed by atoms with Gasteiger partial charge in [-0.15, -0.1) is 0 Å². The van der Waals surface area contributed by atoms with Crippen LogP contribution in [0.3, 0.4) is 0 Å². The second kappa shape index (κ2) is 4.85. The molecule has 1 saturated carbocycles. The van der Waals surface area contributed by atoms with Crippen molar-refractivity contribution in [3.05, 3.63) is 42.2 Å². The average molecular weight is 188 g/mol. The van der Waals surface area contributed by atoms with Gasteiger partial charge in [-0.1, -0.05) is 30.3 Å². The molecule has 14 heavy (non-hydrogen) atoms. The van der Waals surface area contributed by atoms with Crippen LogP contribution in [0, 0.1) is 0 Å². The van der Waals surface area contributed by atoms with Gasteiger partial charge in [-0.3, -0.25) is 0 Å². The number of benzene rings is 1. The molecule has 1 aliphatic rings. The molecule has 0 atom stereocenters. The van der Waals surface area contributed by atoms with E-state index in [0.717, 1.165) is 0 Å². The molecule has 0 aromatic heterocycles. The molecule has 1 aromatic rings. The highest BCUT2D eigenvalue weighted by Gasteiger charge is 2.13. The third-order valence-electron chi connectivity index (χ3n) is 2.63. The quantitative estimate of drug-likeness (QED) is 0.658. The molecule has 0 N–H and O–H groups in total. The first-order chi connectivity index (χ1) is 6.95. The van der Waals surface area contributed by atoms with Gasteiger partial charge in [0.1, 0.15) is 0 Å². The second-order valence-electron chi connectivity index (χ2n) is 3.76. The maximum atomic E-state index is 5.63. The van der Waals surface area contributed by atoms with Gasteiger partial charge in [0, 0.05) is 0 Å². The fourth-order valence-corrected chi connectivity index (χ4v) is 1.82. The van der Waals surface area contributed by atoms with E-state index in [0.29, 0.717) is 6.10 Å². The van der Waals surface area contributed by atoms with E-state index in [4.69, 9.17) is 4.74 Å². The van der Waals surface area contributed by atoms with Crippen LogP contribution in [0.1, 0.15) is 31.2 Å². The van der Waals surface area contributed by atoms with Crippen LogP contribution in [0.25, 0.3) is 6.08 Å². The normalized spacial score (nSPS) is 17.7. The molecule has 1 aromatic carbocycles. The highest BCUT2D eigenvalue weighted by molar-refractivity contribution is 5.47. The zero-order chi connectivity index (χ0) is 9.64. The Morgan fingerprint density at radius 1 is 1.07 bits per heavy atom. The van der Waals surface area contributed by atoms with Crippen LogP contribution in [-0.4, -0.2) is 6.10 Å². The van der Waals surface area contributed by atoms with Crippen LogP contribution in [0.5, 0.6) is 0 Å². The molecule has 0 radical (unpaired) electrons. The van der Waals surface area contributed by atoms with Gasteiger partial charge in [-0.2, -0.15) is 0 Å². The monoisotopic (exact) mass is 188 g/mol. The highest BCUT2D eigenvalue weighted by Crippen LogP contribution is 2.21. The fourth-order valence-electron chi connectivity index (χ4n) is 1.82. The summed E-state index contributed by atoms with van der Waals surface area (Å²) in [5, 5.41) is 0. The predicted octanol–water partition coefficient (Wildman–Crippen LogP) is 3.62. The molecule has 74 valence electrons. The second-order valence-corrected chi connectivity index (χ2v) is 3.76. The van der Waals surface area contributed by atoms with Crippen molar-refractivity contribution in [3.8, 4) is 0 Å². The molecule has 1 aliphatic carbocycles.